The van der Waals surface area contributed by atoms with E-state index < -0.39 is 29.3 Å². The monoisotopic (exact) mass is 1260 g/mol. The van der Waals surface area contributed by atoms with Gasteiger partial charge >= 0.3 is 0 Å². The first-order valence-corrected chi connectivity index (χ1v) is 33.7. The van der Waals surface area contributed by atoms with Crippen molar-refractivity contribution in [1.82, 2.24) is 55.8 Å². The van der Waals surface area contributed by atoms with Crippen molar-refractivity contribution in [2.45, 2.75) is 122 Å². The third-order valence-electron chi connectivity index (χ3n) is 20.0. The van der Waals surface area contributed by atoms with Crippen LogP contribution in [-0.2, 0) is 30.5 Å². The number of carbonyl (C=O) groups excluding carboxylic acids is 5. The maximum atomic E-state index is 15.7. The Morgan fingerprint density at radius 3 is 2.36 bits per heavy atom. The number of thiazole rings is 1. The number of piperidine rings is 2. The van der Waals surface area contributed by atoms with Gasteiger partial charge in [-0.1, -0.05) is 45.2 Å². The highest BCUT2D eigenvalue weighted by Gasteiger charge is 2.44. The number of rotatable bonds is 25. The minimum absolute atomic E-state index is 0.0290. The second-order valence-corrected chi connectivity index (χ2v) is 27.9. The number of anilines is 3. The topological polar surface area (TPSA) is 222 Å². The van der Waals surface area contributed by atoms with E-state index in [4.69, 9.17) is 14.5 Å². The Morgan fingerprint density at radius 1 is 0.822 bits per heavy atom. The van der Waals surface area contributed by atoms with E-state index >= 15 is 8.78 Å². The van der Waals surface area contributed by atoms with Gasteiger partial charge in [0.15, 0.2) is 0 Å². The summed E-state index contributed by atoms with van der Waals surface area (Å²) in [7, 11) is 1.73. The van der Waals surface area contributed by atoms with Gasteiger partial charge in [0.2, 0.25) is 29.4 Å². The predicted molar refractivity (Wildman–Crippen MR) is 342 cm³/mol. The van der Waals surface area contributed by atoms with E-state index in [0.29, 0.717) is 119 Å². The largest absolute Gasteiger partial charge is 0.492 e. The summed E-state index contributed by atoms with van der Waals surface area (Å²) >= 11 is 1.39. The molecule has 24 heteroatoms. The molecule has 5 atom stereocenters. The van der Waals surface area contributed by atoms with Crippen LogP contribution in [0.2, 0.25) is 0 Å². The lowest BCUT2D eigenvalue weighted by atomic mass is 9.82. The zero-order valence-corrected chi connectivity index (χ0v) is 53.7. The molecule has 7 aliphatic rings. The van der Waals surface area contributed by atoms with Gasteiger partial charge in [-0.2, -0.15) is 0 Å². The molecule has 2 aromatic heterocycles. The first-order chi connectivity index (χ1) is 43.5. The molecule has 6 aliphatic heterocycles. The highest BCUT2D eigenvalue weighted by Crippen LogP contribution is 2.39. The second kappa shape index (κ2) is 29.4. The number of nitrogens with zero attached hydrogens (tertiary/aromatic N) is 9. The van der Waals surface area contributed by atoms with Gasteiger partial charge in [-0.25, -0.2) is 23.7 Å². The van der Waals surface area contributed by atoms with Gasteiger partial charge < -0.3 is 55.7 Å². The molecule has 5 N–H and O–H groups in total. The van der Waals surface area contributed by atoms with Crippen LogP contribution < -0.4 is 41.1 Å². The van der Waals surface area contributed by atoms with Crippen molar-refractivity contribution < 1.29 is 42.2 Å². The number of amides is 4. The maximum absolute atomic E-state index is 15.7. The number of carbonyl (C=O) groups is 5. The number of benzene rings is 2. The average molecular weight is 1260 g/mol. The molecule has 488 valence electrons. The first-order valence-electron chi connectivity index (χ1n) is 32.8. The van der Waals surface area contributed by atoms with Gasteiger partial charge in [-0.15, -0.1) is 11.3 Å². The lowest BCUT2D eigenvalue weighted by Gasteiger charge is -2.48. The Labute approximate surface area is 532 Å². The number of aromatic nitrogens is 3. The van der Waals surface area contributed by atoms with Crippen molar-refractivity contribution >= 4 is 58.1 Å². The van der Waals surface area contributed by atoms with Crippen LogP contribution in [0.5, 0.6) is 5.75 Å². The van der Waals surface area contributed by atoms with Crippen LogP contribution in [-0.4, -0.2) is 207 Å². The zero-order valence-electron chi connectivity index (χ0n) is 52.9. The summed E-state index contributed by atoms with van der Waals surface area (Å²) in [4.78, 5) is 93.6. The van der Waals surface area contributed by atoms with Crippen molar-refractivity contribution in [2.75, 3.05) is 140 Å². The lowest BCUT2D eigenvalue weighted by Crippen LogP contribution is -2.66. The number of likely N-dealkylation sites (tertiary alicyclic amines) is 4. The number of halogens is 2. The van der Waals surface area contributed by atoms with E-state index in [1.54, 1.807) is 54.8 Å². The molecule has 11 rings (SSSR count). The molecule has 1 spiro atoms. The number of likely N-dealkylation sites (N-methyl/N-ethyl adjacent to an activating group) is 1. The summed E-state index contributed by atoms with van der Waals surface area (Å²) in [5, 5.41) is 18.1. The molecule has 4 amide bonds. The molecule has 1 aliphatic carbocycles. The van der Waals surface area contributed by atoms with E-state index in [0.717, 1.165) is 114 Å². The molecule has 7 fully saturated rings. The highest BCUT2D eigenvalue weighted by molar-refractivity contribution is 7.10. The first kappa shape index (κ1) is 65.1. The Kier molecular flexibility index (Phi) is 21.3. The Hall–Kier alpha value is -6.44. The Morgan fingerprint density at radius 2 is 1.59 bits per heavy atom. The van der Waals surface area contributed by atoms with Gasteiger partial charge in [0.1, 0.15) is 58.7 Å². The number of nitrogens with one attached hydrogen (secondary N) is 5. The number of piperazine rings is 1. The number of ether oxygens (including phenoxy) is 2. The fourth-order valence-electron chi connectivity index (χ4n) is 14.5. The van der Waals surface area contributed by atoms with Crippen LogP contribution in [0.15, 0.2) is 54.2 Å². The number of hydrogen-bond acceptors (Lipinski definition) is 18. The molecule has 4 aromatic rings. The quantitative estimate of drug-likeness (QED) is 0.0387. The van der Waals surface area contributed by atoms with Crippen LogP contribution in [0.1, 0.15) is 124 Å². The molecular weight excluding hydrogens is 1170 g/mol. The van der Waals surface area contributed by atoms with E-state index in [1.807, 2.05) is 11.0 Å². The van der Waals surface area contributed by atoms with Gasteiger partial charge in [0.25, 0.3) is 0 Å². The fourth-order valence-corrected chi connectivity index (χ4v) is 15.5. The number of ketones is 1. The molecule has 0 radical (unpaired) electrons. The normalized spacial score (nSPS) is 22.9. The van der Waals surface area contributed by atoms with E-state index in [9.17, 15) is 24.0 Å². The smallest absolute Gasteiger partial charge is 0.246 e. The van der Waals surface area contributed by atoms with Gasteiger partial charge in [-0.05, 0) is 120 Å². The number of hydrogen-bond donors (Lipinski definition) is 5. The molecule has 6 saturated heterocycles. The molecule has 21 nitrogen and oxygen atoms in total. The summed E-state index contributed by atoms with van der Waals surface area (Å²) in [6, 6.07) is 10.2. The molecule has 2 aromatic carbocycles. The zero-order chi connectivity index (χ0) is 62.9. The van der Waals surface area contributed by atoms with Crippen LogP contribution in [0.25, 0.3) is 0 Å². The molecular formula is C66H92F2N14O7S. The van der Waals surface area contributed by atoms with Crippen LogP contribution in [0, 0.1) is 34.8 Å². The van der Waals surface area contributed by atoms with Gasteiger partial charge in [-0.3, -0.25) is 33.8 Å². The van der Waals surface area contributed by atoms with Crippen molar-refractivity contribution in [3.8, 4) is 5.75 Å². The van der Waals surface area contributed by atoms with Gasteiger partial charge in [0.05, 0.1) is 56.2 Å². The van der Waals surface area contributed by atoms with E-state index in [-0.39, 0.29) is 65.6 Å². The van der Waals surface area contributed by atoms with Crippen LogP contribution in [0.4, 0.5) is 26.1 Å². The van der Waals surface area contributed by atoms with Gasteiger partial charge in [0, 0.05) is 101 Å². The van der Waals surface area contributed by atoms with E-state index in [1.165, 1.54) is 23.5 Å². The number of fused-ring (bicyclic) bond motifs is 1. The van der Waals surface area contributed by atoms with Crippen molar-refractivity contribution in [3.05, 3.63) is 87.6 Å². The average Bonchev–Trinajstić information content (AvgIpc) is 1.24. The fraction of sp³-hybridized carbons (Fsp3) is 0.636. The standard InChI is InChI=1S/C66H92F2N14O7S/c1-44(69-4)62(86)75-60(45-10-6-5-7-11-45)64(87)82-21-9-14-54(82)63-74-53(41-90-63)61(85)46-12-8-13-50(30-46)89-28-20-71-58(83)39-79-37-48-35-78(36-49(48)38-79)26-29-88-27-19-70-56-33-57(73-43-72-56)80-24-17-66(18-25-80)42-81(40-59(84)76-66)55-32-51(67)47(31-52(55)68)34-77-22-15-65(2,3)16-23-77/h8,12-13,30-33,41,43-45,48-49,54,60,69H,5-7,9-11,14-29,34-40,42H2,1-4H3,(H,71,83)(H,75,86)(H,76,84)(H,70,72,73)/t44-,48-,49+,54-,60-/m0/s1. The molecule has 90 heavy (non-hydrogen) atoms. The summed E-state index contributed by atoms with van der Waals surface area (Å²) in [6.07, 6.45) is 11.4. The molecule has 1 saturated carbocycles. The Balaban J connectivity index is 0.548. The van der Waals surface area contributed by atoms with Crippen molar-refractivity contribution in [2.24, 2.45) is 23.2 Å². The van der Waals surface area contributed by atoms with Crippen molar-refractivity contribution in [1.29, 1.82) is 0 Å². The summed E-state index contributed by atoms with van der Waals surface area (Å²) < 4.78 is 43.3. The predicted octanol–water partition coefficient (Wildman–Crippen LogP) is 5.86. The second-order valence-electron chi connectivity index (χ2n) is 27.0. The molecule has 8 heterocycles. The third kappa shape index (κ3) is 16.2. The Bertz CT molecular complexity index is 3140. The van der Waals surface area contributed by atoms with Crippen molar-refractivity contribution in [3.63, 3.8) is 0 Å². The SMILES string of the molecule is CN[C@@H](C)C(=O)N[C@H](C(=O)N1CCC[C@H]1c1nc(C(=O)c2cccc(OCCNC(=O)CN3C[C@H]4CN(CCOCCNc5cc(N6CCC7(CC6)CN(c6cc(F)c(CN8CCC(C)(C)CC8)cc6F)CC(=O)N7)ncn5)C[C@H]4C3)c2)cs1)C1CCCCC1. The highest BCUT2D eigenvalue weighted by atomic mass is 32.1. The minimum atomic E-state index is -0.595. The third-order valence-corrected chi connectivity index (χ3v) is 20.9. The minimum Gasteiger partial charge on any atom is -0.492 e. The summed E-state index contributed by atoms with van der Waals surface area (Å²) in [5.74, 6) is 1.39. The summed E-state index contributed by atoms with van der Waals surface area (Å²) in [5.41, 5.74) is 0.916. The molecule has 0 bridgehead atoms. The van der Waals surface area contributed by atoms with E-state index in [2.05, 4.69) is 70.0 Å². The molecule has 0 unspecified atom stereocenters. The van der Waals surface area contributed by atoms with Crippen LogP contribution >= 0.6 is 11.3 Å². The van der Waals surface area contributed by atoms with Crippen LogP contribution in [0.3, 0.4) is 0 Å². The lowest BCUT2D eigenvalue weighted by molar-refractivity contribution is -0.139. The maximum Gasteiger partial charge on any atom is 0.246 e. The summed E-state index contributed by atoms with van der Waals surface area (Å²) in [6.45, 7) is 17.6.